The zero-order chi connectivity index (χ0) is 38.0. The van der Waals surface area contributed by atoms with E-state index in [1.807, 2.05) is 19.9 Å². The number of fused-ring (bicyclic) bond motifs is 1. The van der Waals surface area contributed by atoms with Crippen LogP contribution in [0.4, 0.5) is 4.79 Å². The minimum atomic E-state index is -1.11. The molecule has 2 fully saturated rings. The molecule has 2 aromatic rings. The van der Waals surface area contributed by atoms with Crippen LogP contribution in [0.15, 0.2) is 24.3 Å². The molecule has 15 heteroatoms. The maximum absolute atomic E-state index is 13.9. The third-order valence-corrected chi connectivity index (χ3v) is 8.71. The van der Waals surface area contributed by atoms with E-state index < -0.39 is 41.6 Å². The van der Waals surface area contributed by atoms with Crippen molar-refractivity contribution in [1.29, 1.82) is 0 Å². The van der Waals surface area contributed by atoms with Gasteiger partial charge in [-0.3, -0.25) is 24.0 Å². The maximum Gasteiger partial charge on any atom is 0.409 e. The molecule has 1 aromatic heterocycles. The van der Waals surface area contributed by atoms with E-state index in [9.17, 15) is 28.8 Å². The summed E-state index contributed by atoms with van der Waals surface area (Å²) in [5.74, 6) is -1.92. The first-order valence-electron chi connectivity index (χ1n) is 18.0. The molecule has 0 unspecified atom stereocenters. The lowest BCUT2D eigenvalue weighted by Gasteiger charge is -2.36. The Morgan fingerprint density at radius 3 is 2.37 bits per heavy atom. The molecular formula is C37H52N6O9. The van der Waals surface area contributed by atoms with Crippen LogP contribution in [0.3, 0.4) is 0 Å². The number of likely N-dealkylation sites (tertiary alicyclic amines) is 1. The van der Waals surface area contributed by atoms with Crippen molar-refractivity contribution in [2.24, 2.45) is 0 Å². The lowest BCUT2D eigenvalue weighted by molar-refractivity contribution is -0.155. The van der Waals surface area contributed by atoms with Crippen LogP contribution in [0.5, 0.6) is 5.75 Å². The molecule has 0 spiro atoms. The second-order valence-corrected chi connectivity index (χ2v) is 14.0. The number of amides is 5. The predicted octanol–water partition coefficient (Wildman–Crippen LogP) is 2.96. The van der Waals surface area contributed by atoms with Crippen molar-refractivity contribution in [3.05, 3.63) is 35.5 Å². The Kier molecular flexibility index (Phi) is 13.8. The first kappa shape index (κ1) is 39.8. The summed E-state index contributed by atoms with van der Waals surface area (Å²) >= 11 is 0. The molecule has 0 aliphatic carbocycles. The monoisotopic (exact) mass is 724 g/mol. The number of aryl methyl sites for hydroxylation is 1. The quantitative estimate of drug-likeness (QED) is 0.292. The van der Waals surface area contributed by atoms with Crippen LogP contribution in [-0.4, -0.2) is 126 Å². The summed E-state index contributed by atoms with van der Waals surface area (Å²) in [6.45, 7) is 12.6. The number of esters is 1. The topological polar surface area (TPSA) is 177 Å². The molecule has 2 N–H and O–H groups in total. The molecule has 2 atom stereocenters. The van der Waals surface area contributed by atoms with Crippen molar-refractivity contribution in [3.8, 4) is 5.75 Å². The van der Waals surface area contributed by atoms with Crippen LogP contribution in [0.1, 0.15) is 82.8 Å². The van der Waals surface area contributed by atoms with Gasteiger partial charge in [0.25, 0.3) is 11.8 Å². The second-order valence-electron chi connectivity index (χ2n) is 14.0. The van der Waals surface area contributed by atoms with Crippen LogP contribution in [-0.2, 0) is 28.7 Å². The van der Waals surface area contributed by atoms with Gasteiger partial charge in [-0.25, -0.2) is 9.78 Å². The normalized spacial score (nSPS) is 16.7. The molecule has 15 nitrogen and oxygen atoms in total. The molecule has 0 saturated carbocycles. The minimum Gasteiger partial charge on any atom is -0.483 e. The Bertz CT molecular complexity index is 1630. The van der Waals surface area contributed by atoms with Crippen LogP contribution < -0.4 is 15.4 Å². The van der Waals surface area contributed by atoms with Gasteiger partial charge in [0.2, 0.25) is 11.8 Å². The van der Waals surface area contributed by atoms with Gasteiger partial charge in [-0.15, -0.1) is 0 Å². The number of carbonyl (C=O) groups excluding carboxylic acids is 6. The first-order chi connectivity index (χ1) is 24.7. The highest BCUT2D eigenvalue weighted by Gasteiger charge is 2.35. The van der Waals surface area contributed by atoms with Gasteiger partial charge in [0.1, 0.15) is 29.1 Å². The van der Waals surface area contributed by atoms with E-state index in [1.165, 1.54) is 15.9 Å². The van der Waals surface area contributed by atoms with Crippen LogP contribution >= 0.6 is 0 Å². The zero-order valence-electron chi connectivity index (χ0n) is 31.1. The van der Waals surface area contributed by atoms with Crippen LogP contribution in [0.2, 0.25) is 0 Å². The molecule has 284 valence electrons. The number of nitrogens with zero attached hydrogens (tertiary/aromatic N) is 4. The van der Waals surface area contributed by atoms with Gasteiger partial charge in [0.15, 0.2) is 6.61 Å². The number of pyridine rings is 1. The summed E-state index contributed by atoms with van der Waals surface area (Å²) in [5, 5.41) is 6.21. The highest BCUT2D eigenvalue weighted by Crippen LogP contribution is 2.27. The van der Waals surface area contributed by atoms with Gasteiger partial charge in [0, 0.05) is 57.1 Å². The van der Waals surface area contributed by atoms with Gasteiger partial charge in [-0.05, 0) is 78.0 Å². The van der Waals surface area contributed by atoms with Gasteiger partial charge in [-0.1, -0.05) is 13.0 Å². The lowest BCUT2D eigenvalue weighted by Crippen LogP contribution is -2.56. The van der Waals surface area contributed by atoms with E-state index in [1.54, 1.807) is 44.7 Å². The van der Waals surface area contributed by atoms with Crippen molar-refractivity contribution in [1.82, 2.24) is 30.3 Å². The highest BCUT2D eigenvalue weighted by molar-refractivity contribution is 5.99. The number of ether oxygens (including phenoxy) is 3. The third kappa shape index (κ3) is 10.8. The summed E-state index contributed by atoms with van der Waals surface area (Å²) in [7, 11) is 0. The Balaban J connectivity index is 1.53. The molecule has 2 saturated heterocycles. The third-order valence-electron chi connectivity index (χ3n) is 8.71. The molecule has 0 radical (unpaired) electrons. The number of benzene rings is 1. The van der Waals surface area contributed by atoms with Gasteiger partial charge in [0.05, 0.1) is 12.1 Å². The smallest absolute Gasteiger partial charge is 0.409 e. The molecule has 2 aliphatic rings. The van der Waals surface area contributed by atoms with Gasteiger partial charge < -0.3 is 39.5 Å². The average molecular weight is 725 g/mol. The summed E-state index contributed by atoms with van der Waals surface area (Å²) in [6, 6.07) is 5.18. The molecular weight excluding hydrogens is 672 g/mol. The number of nitrogens with one attached hydrogen (secondary N) is 2. The van der Waals surface area contributed by atoms with Gasteiger partial charge in [-0.2, -0.15) is 0 Å². The predicted molar refractivity (Wildman–Crippen MR) is 192 cm³/mol. The van der Waals surface area contributed by atoms with E-state index in [-0.39, 0.29) is 75.5 Å². The molecule has 0 bridgehead atoms. The molecule has 3 heterocycles. The fourth-order valence-electron chi connectivity index (χ4n) is 6.16. The minimum absolute atomic E-state index is 0.0367. The SMILES string of the molecule is CCCNC(=O)[C@@H]1CCCN1C(=O)COc1cc(C(=O)N[C@@H](CCC(=O)OC(C)(C)C)C(=O)N2CCN(C(=O)OCC)CC2)nc2cc(C)ccc12. The van der Waals surface area contributed by atoms with Crippen LogP contribution in [0.25, 0.3) is 10.9 Å². The zero-order valence-corrected chi connectivity index (χ0v) is 31.1. The number of piperazine rings is 1. The number of carbonyl (C=O) groups is 6. The molecule has 52 heavy (non-hydrogen) atoms. The molecule has 4 rings (SSSR count). The van der Waals surface area contributed by atoms with E-state index in [4.69, 9.17) is 14.2 Å². The Labute approximate surface area is 304 Å². The summed E-state index contributed by atoms with van der Waals surface area (Å²) in [5.41, 5.74) is 0.538. The van der Waals surface area contributed by atoms with Crippen molar-refractivity contribution in [3.63, 3.8) is 0 Å². The van der Waals surface area contributed by atoms with Crippen molar-refractivity contribution in [2.45, 2.75) is 91.3 Å². The van der Waals surface area contributed by atoms with Crippen molar-refractivity contribution in [2.75, 3.05) is 52.5 Å². The first-order valence-corrected chi connectivity index (χ1v) is 18.0. The second kappa shape index (κ2) is 18.0. The van der Waals surface area contributed by atoms with Crippen LogP contribution in [0, 0.1) is 6.92 Å². The molecule has 5 amide bonds. The van der Waals surface area contributed by atoms with E-state index in [2.05, 4.69) is 15.6 Å². The summed E-state index contributed by atoms with van der Waals surface area (Å²) in [6.07, 6.45) is 1.42. The Hall–Kier alpha value is -4.95. The summed E-state index contributed by atoms with van der Waals surface area (Å²) in [4.78, 5) is 87.7. The Morgan fingerprint density at radius 2 is 1.69 bits per heavy atom. The van der Waals surface area contributed by atoms with E-state index >= 15 is 0 Å². The largest absolute Gasteiger partial charge is 0.483 e. The van der Waals surface area contributed by atoms with E-state index in [0.717, 1.165) is 12.0 Å². The summed E-state index contributed by atoms with van der Waals surface area (Å²) < 4.78 is 16.6. The Morgan fingerprint density at radius 1 is 0.981 bits per heavy atom. The fraction of sp³-hybridized carbons (Fsp3) is 0.595. The molecule has 1 aromatic carbocycles. The highest BCUT2D eigenvalue weighted by atomic mass is 16.6. The average Bonchev–Trinajstić information content (AvgIpc) is 3.60. The van der Waals surface area contributed by atoms with Crippen molar-refractivity contribution >= 4 is 46.6 Å². The molecule has 2 aliphatic heterocycles. The van der Waals surface area contributed by atoms with Gasteiger partial charge >= 0.3 is 12.1 Å². The van der Waals surface area contributed by atoms with Crippen molar-refractivity contribution < 1.29 is 43.0 Å². The number of hydrogen-bond donors (Lipinski definition) is 2. The number of hydrogen-bond acceptors (Lipinski definition) is 10. The lowest BCUT2D eigenvalue weighted by atomic mass is 10.1. The fourth-order valence-corrected chi connectivity index (χ4v) is 6.16. The van der Waals surface area contributed by atoms with E-state index in [0.29, 0.717) is 36.8 Å². The maximum atomic E-state index is 13.9. The number of aromatic nitrogens is 1. The number of rotatable bonds is 13. The standard InChI is InChI=1S/C37H52N6O9/c1-7-15-38-34(47)29-10-9-16-43(29)31(44)23-51-30-22-28(39-27-21-24(3)11-12-25(27)30)33(46)40-26(13-14-32(45)52-37(4,5)6)35(48)41-17-19-42(20-18-41)36(49)50-8-2/h11-12,21-22,26,29H,7-10,13-20,23H2,1-6H3,(H,38,47)(H,40,46)/t26-,29-/m0/s1.